The van der Waals surface area contributed by atoms with Crippen LogP contribution in [0.15, 0.2) is 18.2 Å². The normalized spacial score (nSPS) is 25.5. The zero-order valence-corrected chi connectivity index (χ0v) is 11.1. The summed E-state index contributed by atoms with van der Waals surface area (Å²) in [5.41, 5.74) is 2.34. The average molecular weight is 268 g/mol. The topological polar surface area (TPSA) is 30.5 Å². The summed E-state index contributed by atoms with van der Waals surface area (Å²) in [6.07, 6.45) is 2.18. The number of rotatable bonds is 1. The first-order chi connectivity index (χ1) is 8.83. The van der Waals surface area contributed by atoms with Crippen LogP contribution in [0.25, 0.3) is 0 Å². The van der Waals surface area contributed by atoms with Crippen LogP contribution in [0.2, 0.25) is 5.02 Å². The maximum atomic E-state index is 6.01. The second kappa shape index (κ2) is 5.57. The molecular weight excluding hydrogens is 250 g/mol. The predicted octanol–water partition coefficient (Wildman–Crippen LogP) is 2.71. The molecule has 0 amide bonds. The van der Waals surface area contributed by atoms with Crippen molar-refractivity contribution in [3.63, 3.8) is 0 Å². The molecule has 1 N–H and O–H groups in total. The van der Waals surface area contributed by atoms with E-state index in [1.807, 2.05) is 18.2 Å². The van der Waals surface area contributed by atoms with E-state index in [2.05, 4.69) is 5.32 Å². The van der Waals surface area contributed by atoms with Crippen LogP contribution >= 0.6 is 11.6 Å². The molecule has 98 valence electrons. The Balaban J connectivity index is 1.70. The molecule has 0 aromatic heterocycles. The van der Waals surface area contributed by atoms with Crippen molar-refractivity contribution in [2.24, 2.45) is 5.92 Å². The highest BCUT2D eigenvalue weighted by Crippen LogP contribution is 2.27. The molecule has 4 heteroatoms. The molecule has 1 saturated heterocycles. The van der Waals surface area contributed by atoms with Crippen molar-refractivity contribution in [3.8, 4) is 0 Å². The molecule has 0 spiro atoms. The Kier molecular flexibility index (Phi) is 3.85. The molecule has 1 aromatic rings. The summed E-state index contributed by atoms with van der Waals surface area (Å²) in [6.45, 7) is 3.35. The van der Waals surface area contributed by atoms with Gasteiger partial charge in [-0.05, 0) is 49.2 Å². The smallest absolute Gasteiger partial charge is 0.161 e. The molecule has 1 fully saturated rings. The highest BCUT2D eigenvalue weighted by Gasteiger charge is 2.27. The van der Waals surface area contributed by atoms with Gasteiger partial charge in [0.2, 0.25) is 0 Å². The molecule has 3 rings (SSSR count). The van der Waals surface area contributed by atoms with Gasteiger partial charge in [0.1, 0.15) is 0 Å². The quantitative estimate of drug-likeness (QED) is 0.849. The number of piperidine rings is 1. The molecule has 1 atom stereocenters. The van der Waals surface area contributed by atoms with Gasteiger partial charge in [0.15, 0.2) is 6.29 Å². The van der Waals surface area contributed by atoms with Gasteiger partial charge in [0, 0.05) is 10.9 Å². The van der Waals surface area contributed by atoms with Crippen molar-refractivity contribution in [1.82, 2.24) is 5.32 Å². The fraction of sp³-hybridized carbons (Fsp3) is 0.571. The van der Waals surface area contributed by atoms with E-state index >= 15 is 0 Å². The minimum Gasteiger partial charge on any atom is -0.348 e. The zero-order valence-electron chi connectivity index (χ0n) is 10.3. The van der Waals surface area contributed by atoms with Crippen LogP contribution in [0.3, 0.4) is 0 Å². The molecule has 1 unspecified atom stereocenters. The summed E-state index contributed by atoms with van der Waals surface area (Å²) in [5, 5.41) is 4.13. The number of fused-ring (bicyclic) bond motifs is 1. The third-order valence-electron chi connectivity index (χ3n) is 3.74. The summed E-state index contributed by atoms with van der Waals surface area (Å²) in [6, 6.07) is 5.92. The van der Waals surface area contributed by atoms with E-state index in [1.54, 1.807) is 0 Å². The molecule has 2 aliphatic rings. The second-order valence-corrected chi connectivity index (χ2v) is 5.43. The van der Waals surface area contributed by atoms with Gasteiger partial charge in [-0.25, -0.2) is 0 Å². The fourth-order valence-corrected chi connectivity index (χ4v) is 2.84. The molecule has 0 radical (unpaired) electrons. The van der Waals surface area contributed by atoms with Crippen LogP contribution in [-0.2, 0) is 22.7 Å². The molecule has 0 saturated carbocycles. The van der Waals surface area contributed by atoms with E-state index in [9.17, 15) is 0 Å². The lowest BCUT2D eigenvalue weighted by Gasteiger charge is -2.29. The van der Waals surface area contributed by atoms with Crippen LogP contribution in [0.5, 0.6) is 0 Å². The molecule has 2 heterocycles. The van der Waals surface area contributed by atoms with Crippen LogP contribution in [0.4, 0.5) is 0 Å². The highest BCUT2D eigenvalue weighted by atomic mass is 35.5. The van der Waals surface area contributed by atoms with Gasteiger partial charge in [0.25, 0.3) is 0 Å². The van der Waals surface area contributed by atoms with Gasteiger partial charge in [-0.3, -0.25) is 0 Å². The standard InChI is InChI=1S/C14H18ClNO2/c15-13-2-1-11-8-17-14(18-9-12(11)7-13)10-3-5-16-6-4-10/h1-2,7,10,14,16H,3-6,8-9H2. The predicted molar refractivity (Wildman–Crippen MR) is 70.4 cm³/mol. The Morgan fingerprint density at radius 3 is 2.56 bits per heavy atom. The summed E-state index contributed by atoms with van der Waals surface area (Å²) >= 11 is 6.01. The summed E-state index contributed by atoms with van der Waals surface area (Å²) in [5.74, 6) is 0.510. The maximum Gasteiger partial charge on any atom is 0.161 e. The Morgan fingerprint density at radius 1 is 1.06 bits per heavy atom. The van der Waals surface area contributed by atoms with Crippen molar-refractivity contribution in [2.75, 3.05) is 13.1 Å². The van der Waals surface area contributed by atoms with E-state index in [-0.39, 0.29) is 6.29 Å². The number of hydrogen-bond donors (Lipinski definition) is 1. The van der Waals surface area contributed by atoms with Crippen LogP contribution in [0, 0.1) is 5.92 Å². The van der Waals surface area contributed by atoms with Crippen molar-refractivity contribution < 1.29 is 9.47 Å². The Bertz CT molecular complexity index is 418. The summed E-state index contributed by atoms with van der Waals surface area (Å²) in [4.78, 5) is 0. The first-order valence-electron chi connectivity index (χ1n) is 6.54. The number of hydrogen-bond acceptors (Lipinski definition) is 3. The first-order valence-corrected chi connectivity index (χ1v) is 6.92. The summed E-state index contributed by atoms with van der Waals surface area (Å²) in [7, 11) is 0. The fourth-order valence-electron chi connectivity index (χ4n) is 2.65. The lowest BCUT2D eigenvalue weighted by atomic mass is 9.97. The van der Waals surface area contributed by atoms with E-state index in [4.69, 9.17) is 21.1 Å². The first kappa shape index (κ1) is 12.4. The van der Waals surface area contributed by atoms with E-state index in [0.29, 0.717) is 19.1 Å². The van der Waals surface area contributed by atoms with Crippen LogP contribution < -0.4 is 5.32 Å². The molecule has 3 nitrogen and oxygen atoms in total. The number of nitrogens with one attached hydrogen (secondary N) is 1. The SMILES string of the molecule is Clc1ccc2c(c1)COC(C1CCNCC1)OC2. The monoisotopic (exact) mass is 267 g/mol. The number of benzene rings is 1. The van der Waals surface area contributed by atoms with Crippen molar-refractivity contribution >= 4 is 11.6 Å². The lowest BCUT2D eigenvalue weighted by Crippen LogP contribution is -2.36. The maximum absolute atomic E-state index is 6.01. The van der Waals surface area contributed by atoms with Crippen molar-refractivity contribution in [1.29, 1.82) is 0 Å². The van der Waals surface area contributed by atoms with E-state index in [0.717, 1.165) is 36.5 Å². The second-order valence-electron chi connectivity index (χ2n) is 4.99. The third kappa shape index (κ3) is 2.69. The Morgan fingerprint density at radius 2 is 1.78 bits per heavy atom. The van der Waals surface area contributed by atoms with Gasteiger partial charge in [-0.2, -0.15) is 0 Å². The van der Waals surface area contributed by atoms with Gasteiger partial charge >= 0.3 is 0 Å². The highest BCUT2D eigenvalue weighted by molar-refractivity contribution is 6.30. The van der Waals surface area contributed by atoms with Gasteiger partial charge in [-0.15, -0.1) is 0 Å². The Labute approximate surface area is 112 Å². The zero-order chi connectivity index (χ0) is 12.4. The molecule has 0 bridgehead atoms. The molecule has 2 aliphatic heterocycles. The van der Waals surface area contributed by atoms with Gasteiger partial charge in [0.05, 0.1) is 13.2 Å². The molecular formula is C14H18ClNO2. The van der Waals surface area contributed by atoms with Gasteiger partial charge < -0.3 is 14.8 Å². The molecule has 18 heavy (non-hydrogen) atoms. The summed E-state index contributed by atoms with van der Waals surface area (Å²) < 4.78 is 11.8. The third-order valence-corrected chi connectivity index (χ3v) is 3.98. The Hall–Kier alpha value is -0.610. The minimum atomic E-state index is -0.0710. The lowest BCUT2D eigenvalue weighted by molar-refractivity contribution is -0.182. The van der Waals surface area contributed by atoms with Crippen LogP contribution in [0.1, 0.15) is 24.0 Å². The number of halogens is 1. The van der Waals surface area contributed by atoms with E-state index in [1.165, 1.54) is 5.56 Å². The molecule has 1 aromatic carbocycles. The average Bonchev–Trinajstić information content (AvgIpc) is 2.62. The van der Waals surface area contributed by atoms with E-state index < -0.39 is 0 Å². The largest absolute Gasteiger partial charge is 0.348 e. The molecule has 0 aliphatic carbocycles. The van der Waals surface area contributed by atoms with Crippen LogP contribution in [-0.4, -0.2) is 19.4 Å². The number of ether oxygens (including phenoxy) is 2. The van der Waals surface area contributed by atoms with Crippen molar-refractivity contribution in [2.45, 2.75) is 32.3 Å². The minimum absolute atomic E-state index is 0.0710. The van der Waals surface area contributed by atoms with Crippen molar-refractivity contribution in [3.05, 3.63) is 34.3 Å². The van der Waals surface area contributed by atoms with Gasteiger partial charge in [-0.1, -0.05) is 17.7 Å².